The molecule has 7 heteroatoms. The summed E-state index contributed by atoms with van der Waals surface area (Å²) < 4.78 is 5.31. The second-order valence-corrected chi connectivity index (χ2v) is 8.03. The van der Waals surface area contributed by atoms with E-state index in [2.05, 4.69) is 67.7 Å². The summed E-state index contributed by atoms with van der Waals surface area (Å²) in [5.41, 5.74) is 4.83. The Morgan fingerprint density at radius 3 is 2.62 bits per heavy atom. The fourth-order valence-corrected chi connectivity index (χ4v) is 3.84. The molecule has 0 atom stereocenters. The Bertz CT molecular complexity index is 1080. The number of anilines is 3. The number of nitrogens with one attached hydrogen (secondary N) is 2. The molecular formula is C25H28N6O. The number of aromatic nitrogens is 3. The van der Waals surface area contributed by atoms with Gasteiger partial charge in [-0.1, -0.05) is 18.2 Å². The third-order valence-corrected chi connectivity index (χ3v) is 5.59. The average molecular weight is 429 g/mol. The monoisotopic (exact) mass is 428 g/mol. The first-order valence-corrected chi connectivity index (χ1v) is 10.7. The zero-order valence-corrected chi connectivity index (χ0v) is 18.5. The molecule has 0 radical (unpaired) electrons. The van der Waals surface area contributed by atoms with Gasteiger partial charge < -0.3 is 20.3 Å². The van der Waals surface area contributed by atoms with Gasteiger partial charge in [-0.25, -0.2) is 15.0 Å². The van der Waals surface area contributed by atoms with Crippen LogP contribution >= 0.6 is 0 Å². The second-order valence-electron chi connectivity index (χ2n) is 8.03. The summed E-state index contributed by atoms with van der Waals surface area (Å²) in [4.78, 5) is 15.5. The van der Waals surface area contributed by atoms with Gasteiger partial charge in [-0.3, -0.25) is 0 Å². The van der Waals surface area contributed by atoms with Crippen molar-refractivity contribution in [1.29, 1.82) is 0 Å². The van der Waals surface area contributed by atoms with Crippen molar-refractivity contribution in [2.75, 3.05) is 37.9 Å². The molecule has 1 aliphatic heterocycles. The second kappa shape index (κ2) is 10.2. The van der Waals surface area contributed by atoms with E-state index in [1.165, 1.54) is 0 Å². The first kappa shape index (κ1) is 21.8. The summed E-state index contributed by atoms with van der Waals surface area (Å²) in [6, 6.07) is 10.8. The molecule has 7 nitrogen and oxygen atoms in total. The summed E-state index contributed by atoms with van der Waals surface area (Å²) in [6.07, 6.45) is 12.6. The molecular weight excluding hydrogens is 400 g/mol. The van der Waals surface area contributed by atoms with E-state index in [1.54, 1.807) is 19.5 Å². The van der Waals surface area contributed by atoms with Crippen LogP contribution in [0.25, 0.3) is 11.1 Å². The Hall–Kier alpha value is -3.47. The number of terminal acetylenes is 1. The predicted octanol–water partition coefficient (Wildman–Crippen LogP) is 3.92. The van der Waals surface area contributed by atoms with Crippen molar-refractivity contribution in [1.82, 2.24) is 19.9 Å². The molecule has 0 spiro atoms. The van der Waals surface area contributed by atoms with Crippen molar-refractivity contribution in [2.45, 2.75) is 25.5 Å². The van der Waals surface area contributed by atoms with E-state index in [9.17, 15) is 0 Å². The van der Waals surface area contributed by atoms with Gasteiger partial charge in [-0.15, -0.1) is 6.42 Å². The van der Waals surface area contributed by atoms with Gasteiger partial charge in [-0.05, 0) is 56.1 Å². The standard InChI is InChI=1S/C25H28N6O/c1-4-20-14-27-25(16-26-20)30-24-13-23(29-21-8-10-31(2)11-9-21)22(15-28-24)19-7-5-6-18(12-19)17-32-3/h1,5-7,12-16,21H,8-11,17H2,2-3H3,(H2,27,28,29,30). The predicted molar refractivity (Wildman–Crippen MR) is 128 cm³/mol. The maximum Gasteiger partial charge on any atom is 0.150 e. The zero-order chi connectivity index (χ0) is 22.3. The van der Waals surface area contributed by atoms with Gasteiger partial charge in [0.1, 0.15) is 17.3 Å². The largest absolute Gasteiger partial charge is 0.382 e. The highest BCUT2D eigenvalue weighted by Gasteiger charge is 2.18. The van der Waals surface area contributed by atoms with E-state index in [-0.39, 0.29) is 0 Å². The van der Waals surface area contributed by atoms with Gasteiger partial charge in [0.25, 0.3) is 0 Å². The highest BCUT2D eigenvalue weighted by Crippen LogP contribution is 2.32. The average Bonchev–Trinajstić information content (AvgIpc) is 2.82. The van der Waals surface area contributed by atoms with Gasteiger partial charge >= 0.3 is 0 Å². The number of likely N-dealkylation sites (tertiary alicyclic amines) is 1. The minimum atomic E-state index is 0.414. The Morgan fingerprint density at radius 2 is 1.91 bits per heavy atom. The van der Waals surface area contributed by atoms with Crippen LogP contribution in [0.4, 0.5) is 17.3 Å². The number of benzene rings is 1. The van der Waals surface area contributed by atoms with Crippen LogP contribution in [0.1, 0.15) is 24.1 Å². The maximum atomic E-state index is 5.37. The molecule has 0 unspecified atom stereocenters. The lowest BCUT2D eigenvalue weighted by atomic mass is 10.0. The van der Waals surface area contributed by atoms with Crippen LogP contribution in [0.15, 0.2) is 48.9 Å². The van der Waals surface area contributed by atoms with Crippen LogP contribution in [0.5, 0.6) is 0 Å². The minimum Gasteiger partial charge on any atom is -0.382 e. The fraction of sp³-hybridized carbons (Fsp3) is 0.320. The van der Waals surface area contributed by atoms with Gasteiger partial charge in [0.2, 0.25) is 0 Å². The van der Waals surface area contributed by atoms with E-state index in [0.29, 0.717) is 30.0 Å². The van der Waals surface area contributed by atoms with Crippen molar-refractivity contribution in [3.8, 4) is 23.5 Å². The molecule has 32 heavy (non-hydrogen) atoms. The summed E-state index contributed by atoms with van der Waals surface area (Å²) >= 11 is 0. The van der Waals surface area contributed by atoms with Crippen LogP contribution in [0.3, 0.4) is 0 Å². The highest BCUT2D eigenvalue weighted by atomic mass is 16.5. The maximum absolute atomic E-state index is 5.37. The summed E-state index contributed by atoms with van der Waals surface area (Å²) in [6.45, 7) is 2.75. The van der Waals surface area contributed by atoms with Gasteiger partial charge in [-0.2, -0.15) is 0 Å². The SMILES string of the molecule is C#Cc1cnc(Nc2cc(NC3CCN(C)CC3)c(-c3cccc(COC)c3)cn2)cn1. The van der Waals surface area contributed by atoms with Crippen LogP contribution in [-0.2, 0) is 11.3 Å². The number of methoxy groups -OCH3 is 1. The Balaban J connectivity index is 1.63. The lowest BCUT2D eigenvalue weighted by molar-refractivity contribution is 0.185. The van der Waals surface area contributed by atoms with Crippen LogP contribution < -0.4 is 10.6 Å². The first-order chi connectivity index (χ1) is 15.6. The van der Waals surface area contributed by atoms with Gasteiger partial charge in [0.05, 0.1) is 19.0 Å². The Kier molecular flexibility index (Phi) is 6.95. The number of piperidine rings is 1. The topological polar surface area (TPSA) is 75.2 Å². The number of nitrogens with zero attached hydrogens (tertiary/aromatic N) is 4. The third-order valence-electron chi connectivity index (χ3n) is 5.59. The molecule has 0 aliphatic carbocycles. The molecule has 1 fully saturated rings. The van der Waals surface area contributed by atoms with E-state index in [0.717, 1.165) is 48.3 Å². The molecule has 2 N–H and O–H groups in total. The smallest absolute Gasteiger partial charge is 0.150 e. The van der Waals surface area contributed by atoms with E-state index in [1.807, 2.05) is 12.3 Å². The molecule has 1 aliphatic rings. The molecule has 164 valence electrons. The minimum absolute atomic E-state index is 0.414. The normalized spacial score (nSPS) is 14.7. The molecule has 0 saturated carbocycles. The first-order valence-electron chi connectivity index (χ1n) is 10.7. The molecule has 0 amide bonds. The van der Waals surface area contributed by atoms with Crippen molar-refractivity contribution < 1.29 is 4.74 Å². The van der Waals surface area contributed by atoms with E-state index >= 15 is 0 Å². The molecule has 3 aromatic rings. The van der Waals surface area contributed by atoms with Gasteiger partial charge in [0, 0.05) is 36.7 Å². The lowest BCUT2D eigenvalue weighted by Gasteiger charge is -2.31. The Morgan fingerprint density at radius 1 is 1.09 bits per heavy atom. The molecule has 3 heterocycles. The van der Waals surface area contributed by atoms with Crippen LogP contribution in [-0.4, -0.2) is 53.1 Å². The number of hydrogen-bond acceptors (Lipinski definition) is 7. The highest BCUT2D eigenvalue weighted by molar-refractivity contribution is 5.80. The molecule has 4 rings (SSSR count). The van der Waals surface area contributed by atoms with Crippen LogP contribution in [0, 0.1) is 12.3 Å². The van der Waals surface area contributed by atoms with E-state index in [4.69, 9.17) is 11.2 Å². The number of pyridine rings is 1. The van der Waals surface area contributed by atoms with E-state index < -0.39 is 0 Å². The Labute approximate surface area is 189 Å². The van der Waals surface area contributed by atoms with Crippen molar-refractivity contribution in [2.24, 2.45) is 0 Å². The number of rotatable bonds is 7. The summed E-state index contributed by atoms with van der Waals surface area (Å²) in [7, 11) is 3.88. The van der Waals surface area contributed by atoms with Crippen LogP contribution in [0.2, 0.25) is 0 Å². The number of ether oxygens (including phenoxy) is 1. The van der Waals surface area contributed by atoms with Crippen molar-refractivity contribution in [3.63, 3.8) is 0 Å². The quantitative estimate of drug-likeness (QED) is 0.553. The summed E-state index contributed by atoms with van der Waals surface area (Å²) in [5.74, 6) is 3.76. The zero-order valence-electron chi connectivity index (χ0n) is 18.5. The molecule has 1 saturated heterocycles. The third kappa shape index (κ3) is 5.41. The number of hydrogen-bond donors (Lipinski definition) is 2. The summed E-state index contributed by atoms with van der Waals surface area (Å²) in [5, 5.41) is 6.99. The van der Waals surface area contributed by atoms with Gasteiger partial charge in [0.15, 0.2) is 0 Å². The molecule has 1 aromatic carbocycles. The lowest BCUT2D eigenvalue weighted by Crippen LogP contribution is -2.36. The van der Waals surface area contributed by atoms with Crippen molar-refractivity contribution >= 4 is 17.3 Å². The van der Waals surface area contributed by atoms with Crippen molar-refractivity contribution in [3.05, 3.63) is 60.2 Å². The molecule has 2 aromatic heterocycles. The molecule has 0 bridgehead atoms. The fourth-order valence-electron chi connectivity index (χ4n) is 3.84.